The molecule has 0 unspecified atom stereocenters. The van der Waals surface area contributed by atoms with Crippen molar-refractivity contribution in [2.75, 3.05) is 13.2 Å². The van der Waals surface area contributed by atoms with Gasteiger partial charge in [-0.2, -0.15) is 0 Å². The van der Waals surface area contributed by atoms with Crippen molar-refractivity contribution < 1.29 is 13.9 Å². The van der Waals surface area contributed by atoms with E-state index >= 15 is 0 Å². The molecule has 0 saturated heterocycles. The van der Waals surface area contributed by atoms with Gasteiger partial charge in [-0.05, 0) is 38.0 Å². The van der Waals surface area contributed by atoms with Gasteiger partial charge in [-0.1, -0.05) is 23.7 Å². The number of rotatable bonds is 8. The van der Waals surface area contributed by atoms with Gasteiger partial charge in [0.25, 0.3) is 0 Å². The second-order valence-corrected chi connectivity index (χ2v) is 5.77. The fourth-order valence-electron chi connectivity index (χ4n) is 1.86. The van der Waals surface area contributed by atoms with Crippen LogP contribution >= 0.6 is 11.6 Å². The minimum Gasteiger partial charge on any atom is -0.417 e. The van der Waals surface area contributed by atoms with Crippen molar-refractivity contribution in [3.8, 4) is 0 Å². The van der Waals surface area contributed by atoms with Crippen molar-refractivity contribution in [3.05, 3.63) is 46.6 Å². The molecule has 1 N–H and O–H groups in total. The summed E-state index contributed by atoms with van der Waals surface area (Å²) >= 11 is 5.84. The highest BCUT2D eigenvalue weighted by atomic mass is 35.5. The highest BCUT2D eigenvalue weighted by Crippen LogP contribution is 2.13. The summed E-state index contributed by atoms with van der Waals surface area (Å²) in [5, 5.41) is 11.1. The molecule has 23 heavy (non-hydrogen) atoms. The van der Waals surface area contributed by atoms with Crippen molar-refractivity contribution in [1.82, 2.24) is 15.5 Å². The Morgan fingerprint density at radius 3 is 2.74 bits per heavy atom. The maximum absolute atomic E-state index is 11.9. The number of hydrogen-bond acceptors (Lipinski definition) is 5. The molecule has 1 aromatic carbocycles. The van der Waals surface area contributed by atoms with Crippen molar-refractivity contribution in [1.29, 1.82) is 0 Å². The lowest BCUT2D eigenvalue weighted by molar-refractivity contribution is 0.0752. The smallest absolute Gasteiger partial charge is 0.308 e. The van der Waals surface area contributed by atoms with Crippen LogP contribution in [0.1, 0.15) is 42.4 Å². The van der Waals surface area contributed by atoms with Crippen LogP contribution in [0.2, 0.25) is 5.02 Å². The highest BCUT2D eigenvalue weighted by Gasteiger charge is 2.14. The topological polar surface area (TPSA) is 77.2 Å². The molecule has 2 rings (SSSR count). The number of hydrogen-bond donors (Lipinski definition) is 1. The number of aromatic nitrogens is 2. The van der Waals surface area contributed by atoms with Crippen LogP contribution in [0.15, 0.2) is 28.7 Å². The molecular formula is C16H20ClN3O3. The number of nitrogens with one attached hydrogen (secondary N) is 1. The van der Waals surface area contributed by atoms with Crippen molar-refractivity contribution in [2.24, 2.45) is 0 Å². The van der Waals surface area contributed by atoms with Gasteiger partial charge in [-0.15, -0.1) is 10.2 Å². The molecule has 0 aliphatic rings. The van der Waals surface area contributed by atoms with E-state index in [0.717, 1.165) is 12.0 Å². The van der Waals surface area contributed by atoms with E-state index in [0.29, 0.717) is 30.5 Å². The average molecular weight is 338 g/mol. The van der Waals surface area contributed by atoms with Gasteiger partial charge in [0.15, 0.2) is 0 Å². The third-order valence-corrected chi connectivity index (χ3v) is 3.24. The lowest BCUT2D eigenvalue weighted by Crippen LogP contribution is -2.25. The SMILES string of the molecule is CC(C)OCCCNC(=O)c1nnc(Cc2ccc(Cl)cc2)o1. The van der Waals surface area contributed by atoms with Crippen LogP contribution in [-0.4, -0.2) is 35.4 Å². The van der Waals surface area contributed by atoms with E-state index in [4.69, 9.17) is 20.8 Å². The van der Waals surface area contributed by atoms with E-state index in [1.54, 1.807) is 12.1 Å². The zero-order chi connectivity index (χ0) is 16.7. The summed E-state index contributed by atoms with van der Waals surface area (Å²) in [6.07, 6.45) is 1.38. The summed E-state index contributed by atoms with van der Waals surface area (Å²) in [7, 11) is 0. The van der Waals surface area contributed by atoms with Crippen LogP contribution in [0.4, 0.5) is 0 Å². The van der Waals surface area contributed by atoms with Crippen molar-refractivity contribution in [2.45, 2.75) is 32.8 Å². The Morgan fingerprint density at radius 2 is 2.04 bits per heavy atom. The maximum atomic E-state index is 11.9. The molecule has 2 aromatic rings. The molecule has 0 saturated carbocycles. The fraction of sp³-hybridized carbons (Fsp3) is 0.438. The molecule has 1 amide bonds. The quantitative estimate of drug-likeness (QED) is 0.749. The lowest BCUT2D eigenvalue weighted by atomic mass is 10.1. The van der Waals surface area contributed by atoms with Gasteiger partial charge in [0.1, 0.15) is 0 Å². The van der Waals surface area contributed by atoms with E-state index in [1.165, 1.54) is 0 Å². The number of amides is 1. The second kappa shape index (κ2) is 8.64. The number of halogens is 1. The summed E-state index contributed by atoms with van der Waals surface area (Å²) in [5.74, 6) is -0.0104. The third kappa shape index (κ3) is 6.00. The van der Waals surface area contributed by atoms with Gasteiger partial charge in [0, 0.05) is 18.2 Å². The van der Waals surface area contributed by atoms with Gasteiger partial charge >= 0.3 is 11.8 Å². The van der Waals surface area contributed by atoms with Crippen LogP contribution in [-0.2, 0) is 11.2 Å². The number of ether oxygens (including phenoxy) is 1. The molecule has 6 nitrogen and oxygen atoms in total. The standard InChI is InChI=1S/C16H20ClN3O3/c1-11(2)22-9-3-8-18-15(21)16-20-19-14(23-16)10-12-4-6-13(17)7-5-12/h4-7,11H,3,8-10H2,1-2H3,(H,18,21). The van der Waals surface area contributed by atoms with Gasteiger partial charge < -0.3 is 14.5 Å². The van der Waals surface area contributed by atoms with Crippen LogP contribution in [0.25, 0.3) is 0 Å². The predicted octanol–water partition coefficient (Wildman–Crippen LogP) is 2.86. The second-order valence-electron chi connectivity index (χ2n) is 5.33. The molecule has 0 spiro atoms. The molecular weight excluding hydrogens is 318 g/mol. The fourth-order valence-corrected chi connectivity index (χ4v) is 1.99. The third-order valence-electron chi connectivity index (χ3n) is 2.99. The van der Waals surface area contributed by atoms with E-state index in [-0.39, 0.29) is 17.9 Å². The summed E-state index contributed by atoms with van der Waals surface area (Å²) in [6, 6.07) is 7.34. The molecule has 0 atom stereocenters. The monoisotopic (exact) mass is 337 g/mol. The van der Waals surface area contributed by atoms with Crippen LogP contribution in [0, 0.1) is 0 Å². The van der Waals surface area contributed by atoms with Crippen LogP contribution in [0.5, 0.6) is 0 Å². The number of benzene rings is 1. The first kappa shape index (κ1) is 17.4. The Labute approximate surface area is 140 Å². The largest absolute Gasteiger partial charge is 0.417 e. The molecule has 0 bridgehead atoms. The summed E-state index contributed by atoms with van der Waals surface area (Å²) in [5.41, 5.74) is 0.982. The van der Waals surface area contributed by atoms with Crippen LogP contribution < -0.4 is 5.32 Å². The van der Waals surface area contributed by atoms with Crippen LogP contribution in [0.3, 0.4) is 0 Å². The Balaban J connectivity index is 1.79. The van der Waals surface area contributed by atoms with Gasteiger partial charge in [0.05, 0.1) is 12.5 Å². The summed E-state index contributed by atoms with van der Waals surface area (Å²) in [6.45, 7) is 5.04. The van der Waals surface area contributed by atoms with E-state index in [9.17, 15) is 4.79 Å². The van der Waals surface area contributed by atoms with Crippen molar-refractivity contribution >= 4 is 17.5 Å². The molecule has 1 aromatic heterocycles. The number of carbonyl (C=O) groups is 1. The van der Waals surface area contributed by atoms with Gasteiger partial charge in [0.2, 0.25) is 5.89 Å². The normalized spacial score (nSPS) is 11.0. The Morgan fingerprint density at radius 1 is 1.30 bits per heavy atom. The molecule has 0 fully saturated rings. The molecule has 7 heteroatoms. The first-order chi connectivity index (χ1) is 11.0. The summed E-state index contributed by atoms with van der Waals surface area (Å²) < 4.78 is 10.8. The highest BCUT2D eigenvalue weighted by molar-refractivity contribution is 6.30. The Hall–Kier alpha value is -1.92. The minimum absolute atomic E-state index is 0.0289. The summed E-state index contributed by atoms with van der Waals surface area (Å²) in [4.78, 5) is 11.9. The molecule has 0 aliphatic carbocycles. The first-order valence-electron chi connectivity index (χ1n) is 7.51. The Kier molecular flexibility index (Phi) is 6.55. The lowest BCUT2D eigenvalue weighted by Gasteiger charge is -2.07. The Bertz CT molecular complexity index is 626. The average Bonchev–Trinajstić information content (AvgIpc) is 2.97. The molecule has 1 heterocycles. The van der Waals surface area contributed by atoms with Gasteiger partial charge in [-0.3, -0.25) is 4.79 Å². The zero-order valence-corrected chi connectivity index (χ0v) is 14.0. The van der Waals surface area contributed by atoms with Gasteiger partial charge in [-0.25, -0.2) is 0 Å². The maximum Gasteiger partial charge on any atom is 0.308 e. The zero-order valence-electron chi connectivity index (χ0n) is 13.2. The predicted molar refractivity (Wildman–Crippen MR) is 86.6 cm³/mol. The molecule has 0 radical (unpaired) electrons. The van der Waals surface area contributed by atoms with E-state index in [2.05, 4.69) is 15.5 Å². The molecule has 124 valence electrons. The molecule has 0 aliphatic heterocycles. The number of carbonyl (C=O) groups excluding carboxylic acids is 1. The number of nitrogens with zero attached hydrogens (tertiary/aromatic N) is 2. The van der Waals surface area contributed by atoms with E-state index < -0.39 is 0 Å². The van der Waals surface area contributed by atoms with E-state index in [1.807, 2.05) is 26.0 Å². The first-order valence-corrected chi connectivity index (χ1v) is 7.89. The van der Waals surface area contributed by atoms with Crippen molar-refractivity contribution in [3.63, 3.8) is 0 Å². The minimum atomic E-state index is -0.371.